The van der Waals surface area contributed by atoms with E-state index in [0.29, 0.717) is 37.7 Å². The zero-order valence-corrected chi connectivity index (χ0v) is 20.9. The maximum absolute atomic E-state index is 13.0. The molecular weight excluding hydrogens is 468 g/mol. The van der Waals surface area contributed by atoms with Crippen LogP contribution < -0.4 is 20.1 Å². The van der Waals surface area contributed by atoms with Gasteiger partial charge in [-0.2, -0.15) is 0 Å². The molecule has 0 saturated carbocycles. The molecule has 3 aromatic carbocycles. The molecule has 0 bridgehead atoms. The number of benzene rings is 3. The molecule has 1 aliphatic heterocycles. The van der Waals surface area contributed by atoms with E-state index in [0.717, 1.165) is 29.7 Å². The van der Waals surface area contributed by atoms with Crippen LogP contribution in [-0.2, 0) is 9.53 Å². The summed E-state index contributed by atoms with van der Waals surface area (Å²) in [6.07, 6.45) is 3.55. The maximum Gasteiger partial charge on any atom is 0.267 e. The highest BCUT2D eigenvalue weighted by molar-refractivity contribution is 6.05. The predicted molar refractivity (Wildman–Crippen MR) is 142 cm³/mol. The fourth-order valence-corrected chi connectivity index (χ4v) is 3.91. The summed E-state index contributed by atoms with van der Waals surface area (Å²) in [5.41, 5.74) is 2.46. The van der Waals surface area contributed by atoms with Crippen molar-refractivity contribution in [1.82, 2.24) is 10.6 Å². The Labute approximate surface area is 217 Å². The molecule has 1 fully saturated rings. The van der Waals surface area contributed by atoms with Gasteiger partial charge in [0.2, 0.25) is 0 Å². The van der Waals surface area contributed by atoms with Crippen LogP contribution in [0.3, 0.4) is 0 Å². The highest BCUT2D eigenvalue weighted by Crippen LogP contribution is 2.17. The normalized spacial score (nSPS) is 15.2. The highest BCUT2D eigenvalue weighted by atomic mass is 16.5. The molecule has 7 heteroatoms. The minimum Gasteiger partial charge on any atom is -0.490 e. The van der Waals surface area contributed by atoms with Gasteiger partial charge in [0.05, 0.1) is 6.10 Å². The van der Waals surface area contributed by atoms with Gasteiger partial charge < -0.3 is 24.8 Å². The van der Waals surface area contributed by atoms with Gasteiger partial charge >= 0.3 is 0 Å². The molecule has 3 aromatic rings. The Morgan fingerprint density at radius 3 is 2.41 bits per heavy atom. The lowest BCUT2D eigenvalue weighted by molar-refractivity contribution is -0.118. The molecule has 0 spiro atoms. The first-order valence-electron chi connectivity index (χ1n) is 12.5. The van der Waals surface area contributed by atoms with Crippen molar-refractivity contribution in [2.75, 3.05) is 26.4 Å². The van der Waals surface area contributed by atoms with Gasteiger partial charge in [0.1, 0.15) is 30.4 Å². The predicted octanol–water partition coefficient (Wildman–Crippen LogP) is 4.52. The van der Waals surface area contributed by atoms with E-state index in [2.05, 4.69) is 10.6 Å². The van der Waals surface area contributed by atoms with Crippen LogP contribution in [0, 0.1) is 6.92 Å². The smallest absolute Gasteiger partial charge is 0.267 e. The van der Waals surface area contributed by atoms with Gasteiger partial charge in [-0.25, -0.2) is 0 Å². The summed E-state index contributed by atoms with van der Waals surface area (Å²) in [4.78, 5) is 25.7. The molecule has 4 rings (SSSR count). The van der Waals surface area contributed by atoms with Gasteiger partial charge in [-0.1, -0.05) is 48.5 Å². The maximum atomic E-state index is 13.0. The van der Waals surface area contributed by atoms with Gasteiger partial charge in [0.25, 0.3) is 11.8 Å². The summed E-state index contributed by atoms with van der Waals surface area (Å²) in [7, 11) is 0. The molecule has 192 valence electrons. The van der Waals surface area contributed by atoms with E-state index in [1.54, 1.807) is 30.3 Å². The fraction of sp³-hybridized carbons (Fsp3) is 0.267. The number of carbonyl (C=O) groups is 2. The summed E-state index contributed by atoms with van der Waals surface area (Å²) in [5, 5.41) is 5.63. The number of hydrogen-bond donors (Lipinski definition) is 2. The Morgan fingerprint density at radius 2 is 1.68 bits per heavy atom. The molecule has 37 heavy (non-hydrogen) atoms. The number of amides is 2. The van der Waals surface area contributed by atoms with E-state index in [1.807, 2.05) is 61.5 Å². The number of aryl methyl sites for hydroxylation is 1. The van der Waals surface area contributed by atoms with Gasteiger partial charge in [0, 0.05) is 18.7 Å². The van der Waals surface area contributed by atoms with Crippen LogP contribution in [0.2, 0.25) is 0 Å². The lowest BCUT2D eigenvalue weighted by Gasteiger charge is -2.14. The van der Waals surface area contributed by atoms with E-state index in [1.165, 1.54) is 0 Å². The van der Waals surface area contributed by atoms with Crippen LogP contribution in [-0.4, -0.2) is 44.3 Å². The van der Waals surface area contributed by atoms with Crippen molar-refractivity contribution in [2.24, 2.45) is 0 Å². The minimum absolute atomic E-state index is 0.00115. The van der Waals surface area contributed by atoms with Crippen LogP contribution in [0.4, 0.5) is 0 Å². The van der Waals surface area contributed by atoms with Gasteiger partial charge in [-0.05, 0) is 67.3 Å². The molecular formula is C30H32N2O5. The molecule has 1 unspecified atom stereocenters. The van der Waals surface area contributed by atoms with Crippen LogP contribution in [0.25, 0.3) is 6.08 Å². The second kappa shape index (κ2) is 13.3. The first-order chi connectivity index (χ1) is 18.1. The van der Waals surface area contributed by atoms with Crippen LogP contribution in [0.15, 0.2) is 84.6 Å². The van der Waals surface area contributed by atoms with Gasteiger partial charge in [-0.3, -0.25) is 9.59 Å². The standard InChI is InChI=1S/C30H32N2O5/c1-22-8-5-6-12-28(22)37-19-18-36-25-15-13-23(14-16-25)20-27(30(34)31-21-26-11-7-17-35-26)32-29(33)24-9-3-2-4-10-24/h2-6,8-10,12-16,20,26H,7,11,17-19,21H2,1H3,(H,31,34)(H,32,33)/b27-20+. The number of ether oxygens (including phenoxy) is 3. The van der Waals surface area contributed by atoms with E-state index in [9.17, 15) is 9.59 Å². The third kappa shape index (κ3) is 7.95. The summed E-state index contributed by atoms with van der Waals surface area (Å²) in [6, 6.07) is 23.9. The van der Waals surface area contributed by atoms with E-state index < -0.39 is 0 Å². The molecule has 2 N–H and O–H groups in total. The van der Waals surface area contributed by atoms with Crippen molar-refractivity contribution in [2.45, 2.75) is 25.9 Å². The Morgan fingerprint density at radius 1 is 0.946 bits per heavy atom. The number of rotatable bonds is 11. The Bertz CT molecular complexity index is 1200. The third-order valence-electron chi connectivity index (χ3n) is 5.94. The molecule has 1 saturated heterocycles. The molecule has 0 aliphatic carbocycles. The van der Waals surface area contributed by atoms with Gasteiger partial charge in [-0.15, -0.1) is 0 Å². The molecule has 1 heterocycles. The monoisotopic (exact) mass is 500 g/mol. The summed E-state index contributed by atoms with van der Waals surface area (Å²) in [5.74, 6) is 0.804. The summed E-state index contributed by atoms with van der Waals surface area (Å²) < 4.78 is 17.1. The molecule has 0 aromatic heterocycles. The van der Waals surface area contributed by atoms with Crippen molar-refractivity contribution in [3.8, 4) is 11.5 Å². The average molecular weight is 501 g/mol. The highest BCUT2D eigenvalue weighted by Gasteiger charge is 2.19. The molecule has 7 nitrogen and oxygen atoms in total. The number of nitrogens with one attached hydrogen (secondary N) is 2. The first kappa shape index (κ1) is 26.0. The second-order valence-corrected chi connectivity index (χ2v) is 8.75. The molecule has 1 atom stereocenters. The molecule has 2 amide bonds. The van der Waals surface area contributed by atoms with E-state index in [4.69, 9.17) is 14.2 Å². The second-order valence-electron chi connectivity index (χ2n) is 8.75. The summed E-state index contributed by atoms with van der Waals surface area (Å²) in [6.45, 7) is 3.93. The number of hydrogen-bond acceptors (Lipinski definition) is 5. The Hall–Kier alpha value is -4.10. The Kier molecular flexibility index (Phi) is 9.32. The fourth-order valence-electron chi connectivity index (χ4n) is 3.91. The number of para-hydroxylation sites is 1. The van der Waals surface area contributed by atoms with E-state index >= 15 is 0 Å². The largest absolute Gasteiger partial charge is 0.490 e. The Balaban J connectivity index is 1.37. The third-order valence-corrected chi connectivity index (χ3v) is 5.94. The van der Waals surface area contributed by atoms with E-state index in [-0.39, 0.29) is 23.6 Å². The quantitative estimate of drug-likeness (QED) is 0.299. The molecule has 1 aliphatic rings. The lowest BCUT2D eigenvalue weighted by atomic mass is 10.1. The SMILES string of the molecule is Cc1ccccc1OCCOc1ccc(/C=C(/NC(=O)c2ccccc2)C(=O)NCC2CCCO2)cc1. The van der Waals surface area contributed by atoms with Crippen LogP contribution >= 0.6 is 0 Å². The van der Waals surface area contributed by atoms with Crippen molar-refractivity contribution >= 4 is 17.9 Å². The minimum atomic E-state index is -0.367. The van der Waals surface area contributed by atoms with Crippen molar-refractivity contribution in [1.29, 1.82) is 0 Å². The topological polar surface area (TPSA) is 85.9 Å². The lowest BCUT2D eigenvalue weighted by Crippen LogP contribution is -2.38. The van der Waals surface area contributed by atoms with Crippen molar-refractivity contribution in [3.63, 3.8) is 0 Å². The summed E-state index contributed by atoms with van der Waals surface area (Å²) >= 11 is 0. The molecule has 0 radical (unpaired) electrons. The zero-order chi connectivity index (χ0) is 25.9. The first-order valence-corrected chi connectivity index (χ1v) is 12.5. The van der Waals surface area contributed by atoms with Crippen LogP contribution in [0.5, 0.6) is 11.5 Å². The van der Waals surface area contributed by atoms with Gasteiger partial charge in [0.15, 0.2) is 0 Å². The average Bonchev–Trinajstić information content (AvgIpc) is 3.45. The zero-order valence-electron chi connectivity index (χ0n) is 20.9. The van der Waals surface area contributed by atoms with Crippen molar-refractivity contribution < 1.29 is 23.8 Å². The van der Waals surface area contributed by atoms with Crippen LogP contribution in [0.1, 0.15) is 34.3 Å². The van der Waals surface area contributed by atoms with Crippen molar-refractivity contribution in [3.05, 3.63) is 101 Å². The number of carbonyl (C=O) groups excluding carboxylic acids is 2.